The van der Waals surface area contributed by atoms with Crippen LogP contribution in [0.2, 0.25) is 0 Å². The standard InChI is InChI=1S/C11H14BrN5S/c1-2-7-3-4-8(18-7)5-14-10-9(12)11(17-13)16-6-15-10/h3-4,6H,2,5,13H2,1H3,(H2,14,15,16,17). The van der Waals surface area contributed by atoms with Gasteiger partial charge in [0.05, 0.1) is 6.54 Å². The predicted octanol–water partition coefficient (Wildman–Crippen LogP) is 2.76. The molecule has 0 saturated heterocycles. The number of hydrazine groups is 1. The van der Waals surface area contributed by atoms with Crippen molar-refractivity contribution in [2.75, 3.05) is 10.7 Å². The second-order valence-electron chi connectivity index (χ2n) is 3.60. The van der Waals surface area contributed by atoms with Gasteiger partial charge in [0.1, 0.15) is 16.6 Å². The minimum atomic E-state index is 0.563. The zero-order valence-corrected chi connectivity index (χ0v) is 12.3. The molecule has 7 heteroatoms. The lowest BCUT2D eigenvalue weighted by Crippen LogP contribution is -2.11. The molecule has 18 heavy (non-hydrogen) atoms. The number of thiophene rings is 1. The number of rotatable bonds is 5. The number of nitrogens with two attached hydrogens (primary N) is 1. The molecule has 0 amide bonds. The first kappa shape index (κ1) is 13.3. The summed E-state index contributed by atoms with van der Waals surface area (Å²) in [5.74, 6) is 6.64. The van der Waals surface area contributed by atoms with E-state index in [9.17, 15) is 0 Å². The summed E-state index contributed by atoms with van der Waals surface area (Å²) in [4.78, 5) is 10.8. The van der Waals surface area contributed by atoms with E-state index in [1.165, 1.54) is 16.1 Å². The molecular weight excluding hydrogens is 314 g/mol. The Hall–Kier alpha value is -1.18. The van der Waals surface area contributed by atoms with E-state index in [1.807, 2.05) is 0 Å². The van der Waals surface area contributed by atoms with Crippen LogP contribution >= 0.6 is 27.3 Å². The van der Waals surface area contributed by atoms with E-state index in [2.05, 4.69) is 55.7 Å². The van der Waals surface area contributed by atoms with Gasteiger partial charge in [-0.05, 0) is 34.5 Å². The minimum absolute atomic E-state index is 0.563. The molecule has 0 bridgehead atoms. The number of anilines is 2. The van der Waals surface area contributed by atoms with Crippen LogP contribution in [0.1, 0.15) is 16.7 Å². The number of aromatic nitrogens is 2. The van der Waals surface area contributed by atoms with E-state index in [0.29, 0.717) is 5.82 Å². The Bertz CT molecular complexity index is 528. The topological polar surface area (TPSA) is 75.9 Å². The van der Waals surface area contributed by atoms with E-state index >= 15 is 0 Å². The van der Waals surface area contributed by atoms with Gasteiger partial charge in [0.2, 0.25) is 0 Å². The number of halogens is 1. The highest BCUT2D eigenvalue weighted by Gasteiger charge is 2.07. The number of aryl methyl sites for hydroxylation is 1. The van der Waals surface area contributed by atoms with Crippen LogP contribution in [0.3, 0.4) is 0 Å². The van der Waals surface area contributed by atoms with Crippen molar-refractivity contribution in [3.63, 3.8) is 0 Å². The average Bonchev–Trinajstić information content (AvgIpc) is 2.85. The molecular formula is C11H14BrN5S. The first-order valence-corrected chi connectivity index (χ1v) is 7.14. The van der Waals surface area contributed by atoms with Gasteiger partial charge in [0, 0.05) is 9.75 Å². The van der Waals surface area contributed by atoms with Gasteiger partial charge in [-0.3, -0.25) is 0 Å². The van der Waals surface area contributed by atoms with Crippen LogP contribution in [0.25, 0.3) is 0 Å². The van der Waals surface area contributed by atoms with Crippen LogP contribution in [0.4, 0.5) is 11.6 Å². The van der Waals surface area contributed by atoms with Crippen LogP contribution in [0.15, 0.2) is 22.9 Å². The Labute approximate surface area is 118 Å². The fourth-order valence-corrected chi connectivity index (χ4v) is 2.83. The summed E-state index contributed by atoms with van der Waals surface area (Å²) < 4.78 is 0.736. The maximum atomic E-state index is 5.35. The van der Waals surface area contributed by atoms with Crippen LogP contribution in [-0.4, -0.2) is 9.97 Å². The van der Waals surface area contributed by atoms with Gasteiger partial charge in [-0.2, -0.15) is 0 Å². The summed E-state index contributed by atoms with van der Waals surface area (Å²) >= 11 is 5.21. The molecule has 0 spiro atoms. The van der Waals surface area contributed by atoms with E-state index in [0.717, 1.165) is 23.3 Å². The first-order valence-electron chi connectivity index (χ1n) is 5.53. The molecule has 4 N–H and O–H groups in total. The van der Waals surface area contributed by atoms with Crippen molar-refractivity contribution in [3.8, 4) is 0 Å². The Kier molecular flexibility index (Phi) is 4.51. The maximum absolute atomic E-state index is 5.35. The third-order valence-corrected chi connectivity index (χ3v) is 4.40. The van der Waals surface area contributed by atoms with Gasteiger partial charge in [-0.1, -0.05) is 6.92 Å². The summed E-state index contributed by atoms with van der Waals surface area (Å²) in [7, 11) is 0. The van der Waals surface area contributed by atoms with Gasteiger partial charge in [-0.15, -0.1) is 11.3 Å². The van der Waals surface area contributed by atoms with Crippen molar-refractivity contribution in [3.05, 3.63) is 32.7 Å². The van der Waals surface area contributed by atoms with Crippen LogP contribution < -0.4 is 16.6 Å². The summed E-state index contributed by atoms with van der Waals surface area (Å²) in [5.41, 5.74) is 2.51. The lowest BCUT2D eigenvalue weighted by molar-refractivity contribution is 1.08. The fraction of sp³-hybridized carbons (Fsp3) is 0.273. The Balaban J connectivity index is 2.06. The molecule has 0 radical (unpaired) electrons. The maximum Gasteiger partial charge on any atom is 0.159 e. The quantitative estimate of drug-likeness (QED) is 0.581. The number of nitrogens with one attached hydrogen (secondary N) is 2. The highest BCUT2D eigenvalue weighted by Crippen LogP contribution is 2.26. The van der Waals surface area contributed by atoms with Crippen LogP contribution in [0, 0.1) is 0 Å². The van der Waals surface area contributed by atoms with Crippen molar-refractivity contribution in [1.29, 1.82) is 0 Å². The highest BCUT2D eigenvalue weighted by molar-refractivity contribution is 9.10. The molecule has 2 heterocycles. The van der Waals surface area contributed by atoms with E-state index in [4.69, 9.17) is 5.84 Å². The van der Waals surface area contributed by atoms with Gasteiger partial charge in [0.15, 0.2) is 5.82 Å². The van der Waals surface area contributed by atoms with E-state index in [1.54, 1.807) is 11.3 Å². The summed E-state index contributed by atoms with van der Waals surface area (Å²) in [6.45, 7) is 2.90. The third-order valence-electron chi connectivity index (χ3n) is 2.42. The lowest BCUT2D eigenvalue weighted by atomic mass is 10.3. The molecule has 2 aromatic heterocycles. The van der Waals surface area contributed by atoms with Gasteiger partial charge < -0.3 is 10.7 Å². The number of hydrogen-bond donors (Lipinski definition) is 3. The zero-order valence-electron chi connectivity index (χ0n) is 9.90. The summed E-state index contributed by atoms with van der Waals surface area (Å²) in [6, 6.07) is 4.29. The minimum Gasteiger partial charge on any atom is -0.364 e. The molecule has 0 aliphatic heterocycles. The Morgan fingerprint density at radius 1 is 1.28 bits per heavy atom. The molecule has 0 aliphatic rings. The first-order chi connectivity index (χ1) is 8.74. The highest BCUT2D eigenvalue weighted by atomic mass is 79.9. The molecule has 0 atom stereocenters. The SMILES string of the molecule is CCc1ccc(CNc2ncnc(NN)c2Br)s1. The molecule has 0 saturated carbocycles. The molecule has 0 fully saturated rings. The predicted molar refractivity (Wildman–Crippen MR) is 78.6 cm³/mol. The Morgan fingerprint density at radius 2 is 2.00 bits per heavy atom. The third kappa shape index (κ3) is 2.98. The van der Waals surface area contributed by atoms with Crippen molar-refractivity contribution >= 4 is 38.9 Å². The molecule has 0 aromatic carbocycles. The molecule has 2 rings (SSSR count). The average molecular weight is 328 g/mol. The molecule has 5 nitrogen and oxygen atoms in total. The lowest BCUT2D eigenvalue weighted by Gasteiger charge is -2.08. The Morgan fingerprint density at radius 3 is 2.67 bits per heavy atom. The van der Waals surface area contributed by atoms with E-state index in [-0.39, 0.29) is 0 Å². The van der Waals surface area contributed by atoms with Gasteiger partial charge in [-0.25, -0.2) is 15.8 Å². The number of hydrogen-bond acceptors (Lipinski definition) is 6. The molecule has 96 valence electrons. The largest absolute Gasteiger partial charge is 0.364 e. The smallest absolute Gasteiger partial charge is 0.159 e. The second kappa shape index (κ2) is 6.12. The van der Waals surface area contributed by atoms with Crippen LogP contribution in [-0.2, 0) is 13.0 Å². The fourth-order valence-electron chi connectivity index (χ4n) is 1.47. The van der Waals surface area contributed by atoms with Crippen molar-refractivity contribution in [1.82, 2.24) is 9.97 Å². The summed E-state index contributed by atoms with van der Waals surface area (Å²) in [5, 5.41) is 3.26. The normalized spacial score (nSPS) is 10.4. The van der Waals surface area contributed by atoms with E-state index < -0.39 is 0 Å². The zero-order chi connectivity index (χ0) is 13.0. The van der Waals surface area contributed by atoms with Gasteiger partial charge >= 0.3 is 0 Å². The molecule has 0 unspecified atom stereocenters. The number of nitrogen functional groups attached to an aromatic ring is 1. The molecule has 0 aliphatic carbocycles. The second-order valence-corrected chi connectivity index (χ2v) is 5.65. The van der Waals surface area contributed by atoms with Crippen molar-refractivity contribution < 1.29 is 0 Å². The summed E-state index contributed by atoms with van der Waals surface area (Å²) in [6.07, 6.45) is 2.54. The van der Waals surface area contributed by atoms with Gasteiger partial charge in [0.25, 0.3) is 0 Å². The number of nitrogens with zero attached hydrogens (tertiary/aromatic N) is 2. The van der Waals surface area contributed by atoms with Crippen LogP contribution in [0.5, 0.6) is 0 Å². The van der Waals surface area contributed by atoms with Crippen molar-refractivity contribution in [2.24, 2.45) is 5.84 Å². The monoisotopic (exact) mass is 327 g/mol. The van der Waals surface area contributed by atoms with Crippen molar-refractivity contribution in [2.45, 2.75) is 19.9 Å². The molecule has 2 aromatic rings.